The molecule has 58 heavy (non-hydrogen) atoms. The molecule has 0 bridgehead atoms. The number of fused-ring (bicyclic) bond motifs is 9. The molecule has 0 saturated carbocycles. The molecule has 0 atom stereocenters. The highest BCUT2D eigenvalue weighted by atomic mass is 16.3. The van der Waals surface area contributed by atoms with Gasteiger partial charge in [-0.05, 0) is 73.6 Å². The molecule has 0 aliphatic rings. The molecule has 0 radical (unpaired) electrons. The molecule has 2 aromatic heterocycles. The smallest absolute Gasteiger partial charge is 0.164 e. The van der Waals surface area contributed by atoms with Crippen LogP contribution in [0.15, 0.2) is 192 Å². The monoisotopic (exact) mass is 741 g/mol. The first-order valence-corrected chi connectivity index (χ1v) is 19.6. The molecule has 11 rings (SSSR count). The molecule has 0 saturated heterocycles. The second kappa shape index (κ2) is 13.8. The van der Waals surface area contributed by atoms with Crippen LogP contribution in [0.5, 0.6) is 0 Å². The Morgan fingerprint density at radius 3 is 1.62 bits per heavy atom. The maximum absolute atomic E-state index is 6.81. The van der Waals surface area contributed by atoms with Gasteiger partial charge in [0.15, 0.2) is 17.5 Å². The molecule has 4 heteroatoms. The van der Waals surface area contributed by atoms with E-state index in [0.717, 1.165) is 55.3 Å². The van der Waals surface area contributed by atoms with Crippen molar-refractivity contribution in [2.75, 3.05) is 0 Å². The third kappa shape index (κ3) is 5.57. The van der Waals surface area contributed by atoms with Gasteiger partial charge >= 0.3 is 0 Å². The predicted molar refractivity (Wildman–Crippen MR) is 242 cm³/mol. The molecule has 0 aliphatic heterocycles. The van der Waals surface area contributed by atoms with E-state index >= 15 is 0 Å². The minimum Gasteiger partial charge on any atom is -0.455 e. The lowest BCUT2D eigenvalue weighted by atomic mass is 9.91. The zero-order chi connectivity index (χ0) is 38.6. The Hall–Kier alpha value is -7.69. The fourth-order valence-corrected chi connectivity index (χ4v) is 8.56. The third-order valence-corrected chi connectivity index (χ3v) is 11.2. The van der Waals surface area contributed by atoms with Gasteiger partial charge in [0.05, 0.1) is 0 Å². The van der Waals surface area contributed by atoms with E-state index < -0.39 is 0 Å². The Bertz CT molecular complexity index is 3360. The number of rotatable bonds is 6. The summed E-state index contributed by atoms with van der Waals surface area (Å²) in [6.07, 6.45) is 4.21. The van der Waals surface area contributed by atoms with Crippen LogP contribution >= 0.6 is 0 Å². The van der Waals surface area contributed by atoms with E-state index in [1.165, 1.54) is 43.4 Å². The Kier molecular flexibility index (Phi) is 8.00. The van der Waals surface area contributed by atoms with Crippen molar-refractivity contribution in [3.8, 4) is 56.4 Å². The van der Waals surface area contributed by atoms with Gasteiger partial charge in [0.2, 0.25) is 0 Å². The van der Waals surface area contributed by atoms with Crippen LogP contribution in [0.1, 0.15) is 12.5 Å². The molecule has 2 heterocycles. The number of para-hydroxylation sites is 1. The number of hydrogen-bond donors (Lipinski definition) is 0. The van der Waals surface area contributed by atoms with Crippen molar-refractivity contribution in [1.29, 1.82) is 0 Å². The fraction of sp³-hybridized carbons (Fsp3) is 0.0185. The lowest BCUT2D eigenvalue weighted by Gasteiger charge is -2.12. The van der Waals surface area contributed by atoms with Gasteiger partial charge in [-0.15, -0.1) is 0 Å². The van der Waals surface area contributed by atoms with Crippen LogP contribution in [-0.4, -0.2) is 15.0 Å². The Morgan fingerprint density at radius 2 is 0.897 bits per heavy atom. The van der Waals surface area contributed by atoms with Gasteiger partial charge in [-0.25, -0.2) is 15.0 Å². The molecule has 0 fully saturated rings. The third-order valence-electron chi connectivity index (χ3n) is 11.2. The summed E-state index contributed by atoms with van der Waals surface area (Å²) < 4.78 is 6.81. The Morgan fingerprint density at radius 1 is 0.379 bits per heavy atom. The summed E-state index contributed by atoms with van der Waals surface area (Å²) in [5, 5.41) is 9.47. The Balaban J connectivity index is 1.07. The quantitative estimate of drug-likeness (QED) is 0.159. The number of aromatic nitrogens is 3. The SMILES string of the molecule is C/C=C\c1ccccc1-c1ccc(-c2nc(-c3ccccc3)nc(-c3cccc4oc5c(-c6ccc7c8ccccc8c8ccccc8c7c6)cccc5c34)n2)cc1. The normalized spacial score (nSPS) is 11.8. The zero-order valence-corrected chi connectivity index (χ0v) is 31.7. The van der Waals surface area contributed by atoms with Crippen molar-refractivity contribution in [2.45, 2.75) is 6.92 Å². The van der Waals surface area contributed by atoms with E-state index in [1.807, 2.05) is 49.4 Å². The standard InChI is InChI=1S/C54H35N3O/c1-2-14-34-15-6-7-18-39(34)35-27-29-37(30-28-35)53-55-52(36-16-4-3-5-17-36)56-54(57-53)47-25-13-26-49-50(47)46-24-12-23-40(51(46)58-49)38-31-32-45-43-21-9-8-19-41(43)42-20-10-11-22-44(42)48(45)33-38/h2-33H,1H3/b14-2-. The number of benzene rings is 9. The van der Waals surface area contributed by atoms with Crippen LogP contribution in [-0.2, 0) is 0 Å². The molecule has 0 aliphatic carbocycles. The van der Waals surface area contributed by atoms with E-state index in [-0.39, 0.29) is 0 Å². The summed E-state index contributed by atoms with van der Waals surface area (Å²) in [4.78, 5) is 15.4. The molecule has 11 aromatic rings. The van der Waals surface area contributed by atoms with Gasteiger partial charge in [0.25, 0.3) is 0 Å². The molecule has 0 amide bonds. The van der Waals surface area contributed by atoms with Gasteiger partial charge in [0.1, 0.15) is 11.2 Å². The first-order valence-electron chi connectivity index (χ1n) is 19.6. The summed E-state index contributed by atoms with van der Waals surface area (Å²) in [6.45, 7) is 2.04. The van der Waals surface area contributed by atoms with E-state index in [9.17, 15) is 0 Å². The van der Waals surface area contributed by atoms with Crippen LogP contribution in [0.4, 0.5) is 0 Å². The first kappa shape index (κ1) is 33.6. The highest BCUT2D eigenvalue weighted by Gasteiger charge is 2.20. The minimum atomic E-state index is 0.592. The number of furan rings is 1. The first-order chi connectivity index (χ1) is 28.7. The summed E-state index contributed by atoms with van der Waals surface area (Å²) in [6, 6.07) is 63.8. The number of nitrogens with zero attached hydrogens (tertiary/aromatic N) is 3. The molecule has 0 spiro atoms. The van der Waals surface area contributed by atoms with E-state index in [4.69, 9.17) is 19.4 Å². The van der Waals surface area contributed by atoms with Crippen LogP contribution in [0.25, 0.3) is 117 Å². The molecular formula is C54H35N3O. The van der Waals surface area contributed by atoms with Gasteiger partial charge in [-0.1, -0.05) is 182 Å². The van der Waals surface area contributed by atoms with E-state index in [1.54, 1.807) is 0 Å². The maximum atomic E-state index is 6.81. The summed E-state index contributed by atoms with van der Waals surface area (Å²) in [5.74, 6) is 1.82. The molecule has 9 aromatic carbocycles. The van der Waals surface area contributed by atoms with Crippen LogP contribution in [0.3, 0.4) is 0 Å². The van der Waals surface area contributed by atoms with Crippen LogP contribution < -0.4 is 0 Å². The summed E-state index contributed by atoms with van der Waals surface area (Å²) >= 11 is 0. The fourth-order valence-electron chi connectivity index (χ4n) is 8.56. The van der Waals surface area contributed by atoms with Gasteiger partial charge in [-0.2, -0.15) is 0 Å². The minimum absolute atomic E-state index is 0.592. The average Bonchev–Trinajstić information content (AvgIpc) is 3.69. The van der Waals surface area contributed by atoms with Crippen molar-refractivity contribution >= 4 is 60.3 Å². The van der Waals surface area contributed by atoms with Crippen molar-refractivity contribution < 1.29 is 4.42 Å². The van der Waals surface area contributed by atoms with Crippen LogP contribution in [0, 0.1) is 0 Å². The predicted octanol–water partition coefficient (Wildman–Crippen LogP) is 14.6. The van der Waals surface area contributed by atoms with Crippen molar-refractivity contribution in [1.82, 2.24) is 15.0 Å². The van der Waals surface area contributed by atoms with Gasteiger partial charge in [0, 0.05) is 33.0 Å². The second-order valence-corrected chi connectivity index (χ2v) is 14.7. The molecule has 0 unspecified atom stereocenters. The Labute approximate surface area is 335 Å². The number of allylic oxidation sites excluding steroid dienone is 1. The largest absolute Gasteiger partial charge is 0.455 e. The van der Waals surface area contributed by atoms with Gasteiger partial charge < -0.3 is 4.42 Å². The van der Waals surface area contributed by atoms with Crippen molar-refractivity contribution in [3.05, 3.63) is 194 Å². The van der Waals surface area contributed by atoms with E-state index in [0.29, 0.717) is 17.5 Å². The highest BCUT2D eigenvalue weighted by molar-refractivity contribution is 6.26. The van der Waals surface area contributed by atoms with Crippen molar-refractivity contribution in [3.63, 3.8) is 0 Å². The lowest BCUT2D eigenvalue weighted by molar-refractivity contribution is 0.670. The zero-order valence-electron chi connectivity index (χ0n) is 31.7. The van der Waals surface area contributed by atoms with Crippen molar-refractivity contribution in [2.24, 2.45) is 0 Å². The van der Waals surface area contributed by atoms with Crippen LogP contribution in [0.2, 0.25) is 0 Å². The molecule has 272 valence electrons. The highest BCUT2D eigenvalue weighted by Crippen LogP contribution is 2.42. The maximum Gasteiger partial charge on any atom is 0.164 e. The molecular weight excluding hydrogens is 707 g/mol. The molecule has 0 N–H and O–H groups in total. The van der Waals surface area contributed by atoms with E-state index in [2.05, 4.69) is 152 Å². The number of hydrogen-bond acceptors (Lipinski definition) is 4. The topological polar surface area (TPSA) is 51.8 Å². The average molecular weight is 742 g/mol. The second-order valence-electron chi connectivity index (χ2n) is 14.7. The summed E-state index contributed by atoms with van der Waals surface area (Å²) in [7, 11) is 0. The lowest BCUT2D eigenvalue weighted by Crippen LogP contribution is -2.00. The molecule has 4 nitrogen and oxygen atoms in total. The van der Waals surface area contributed by atoms with Gasteiger partial charge in [-0.3, -0.25) is 0 Å². The summed E-state index contributed by atoms with van der Waals surface area (Å²) in [5.41, 5.74) is 9.97.